The van der Waals surface area contributed by atoms with Crippen LogP contribution < -0.4 is 10.5 Å². The number of hydrogen-bond acceptors (Lipinski definition) is 5. The van der Waals surface area contributed by atoms with Crippen LogP contribution in [0.4, 0.5) is 5.69 Å². The van der Waals surface area contributed by atoms with Gasteiger partial charge in [-0.05, 0) is 47.2 Å². The van der Waals surface area contributed by atoms with Gasteiger partial charge in [-0.25, -0.2) is 4.68 Å². The molecule has 3 atom stereocenters. The van der Waals surface area contributed by atoms with Crippen molar-refractivity contribution in [3.05, 3.63) is 18.2 Å². The quantitative estimate of drug-likeness (QED) is 0.878. The number of tetrazole rings is 1. The minimum Gasteiger partial charge on any atom is -0.497 e. The Labute approximate surface area is 124 Å². The van der Waals surface area contributed by atoms with Gasteiger partial charge < -0.3 is 10.5 Å². The summed E-state index contributed by atoms with van der Waals surface area (Å²) in [6.07, 6.45) is 2.32. The molecular formula is C15H21N5O. The van der Waals surface area contributed by atoms with Crippen molar-refractivity contribution in [2.45, 2.75) is 32.7 Å². The maximum absolute atomic E-state index is 5.94. The molecule has 6 heteroatoms. The topological polar surface area (TPSA) is 78.8 Å². The number of hydrogen-bond donors (Lipinski definition) is 1. The van der Waals surface area contributed by atoms with Crippen LogP contribution in [0.15, 0.2) is 18.2 Å². The first-order chi connectivity index (χ1) is 10.1. The van der Waals surface area contributed by atoms with Gasteiger partial charge in [-0.15, -0.1) is 5.10 Å². The smallest absolute Gasteiger partial charge is 0.182 e. The minimum absolute atomic E-state index is 0.345. The van der Waals surface area contributed by atoms with Crippen LogP contribution in [0.25, 0.3) is 11.4 Å². The van der Waals surface area contributed by atoms with E-state index in [-0.39, 0.29) is 0 Å². The van der Waals surface area contributed by atoms with Gasteiger partial charge in [-0.3, -0.25) is 0 Å². The summed E-state index contributed by atoms with van der Waals surface area (Å²) in [7, 11) is 1.63. The molecule has 3 unspecified atom stereocenters. The summed E-state index contributed by atoms with van der Waals surface area (Å²) in [6, 6.07) is 5.94. The summed E-state index contributed by atoms with van der Waals surface area (Å²) >= 11 is 0. The summed E-state index contributed by atoms with van der Waals surface area (Å²) in [5, 5.41) is 12.3. The van der Waals surface area contributed by atoms with Crippen LogP contribution in [0.5, 0.6) is 5.75 Å². The molecule has 112 valence electrons. The molecule has 0 spiro atoms. The Morgan fingerprint density at radius 1 is 1.24 bits per heavy atom. The molecule has 1 aromatic carbocycles. The number of ether oxygens (including phenoxy) is 1. The minimum atomic E-state index is 0.345. The van der Waals surface area contributed by atoms with Gasteiger partial charge in [0.1, 0.15) is 5.75 Å². The van der Waals surface area contributed by atoms with Crippen LogP contribution in [-0.2, 0) is 0 Å². The number of rotatable bonds is 3. The Morgan fingerprint density at radius 3 is 2.71 bits per heavy atom. The van der Waals surface area contributed by atoms with Gasteiger partial charge in [-0.2, -0.15) is 0 Å². The third kappa shape index (κ3) is 2.46. The van der Waals surface area contributed by atoms with Crippen LogP contribution >= 0.6 is 0 Å². The third-order valence-corrected chi connectivity index (χ3v) is 4.65. The van der Waals surface area contributed by atoms with Crippen molar-refractivity contribution in [2.24, 2.45) is 11.8 Å². The second kappa shape index (κ2) is 5.35. The van der Waals surface area contributed by atoms with E-state index in [9.17, 15) is 0 Å². The molecular weight excluding hydrogens is 266 g/mol. The normalized spacial score (nSPS) is 25.2. The Hall–Kier alpha value is -2.11. The SMILES string of the molecule is COc1cc(N)cc(-c2nnnn2C2CCC(C)C2C)c1. The number of nitrogen functional groups attached to an aromatic ring is 1. The molecule has 0 aliphatic heterocycles. The fourth-order valence-corrected chi connectivity index (χ4v) is 3.16. The van der Waals surface area contributed by atoms with Crippen LogP contribution in [0.2, 0.25) is 0 Å². The van der Waals surface area contributed by atoms with E-state index in [1.807, 2.05) is 16.8 Å². The van der Waals surface area contributed by atoms with Gasteiger partial charge >= 0.3 is 0 Å². The molecule has 1 fully saturated rings. The highest BCUT2D eigenvalue weighted by Crippen LogP contribution is 2.41. The van der Waals surface area contributed by atoms with Gasteiger partial charge in [0, 0.05) is 17.3 Å². The first kappa shape index (κ1) is 13.9. The van der Waals surface area contributed by atoms with Crippen molar-refractivity contribution in [3.8, 4) is 17.1 Å². The van der Waals surface area contributed by atoms with Crippen molar-refractivity contribution < 1.29 is 4.74 Å². The average molecular weight is 287 g/mol. The zero-order chi connectivity index (χ0) is 15.0. The standard InChI is InChI=1S/C15H21N5O/c1-9-4-5-14(10(9)2)20-15(17-18-19-20)11-6-12(16)8-13(7-11)21-3/h6-10,14H,4-5,16H2,1-3H3. The van der Waals surface area contributed by atoms with E-state index in [4.69, 9.17) is 10.5 Å². The van der Waals surface area contributed by atoms with E-state index < -0.39 is 0 Å². The number of nitrogens with two attached hydrogens (primary N) is 1. The Morgan fingerprint density at radius 2 is 2.05 bits per heavy atom. The van der Waals surface area contributed by atoms with Gasteiger partial charge in [0.05, 0.1) is 13.2 Å². The maximum atomic E-state index is 5.94. The first-order valence-electron chi connectivity index (χ1n) is 7.33. The van der Waals surface area contributed by atoms with E-state index in [2.05, 4.69) is 29.4 Å². The lowest BCUT2D eigenvalue weighted by molar-refractivity contribution is 0.328. The van der Waals surface area contributed by atoms with Gasteiger partial charge in [0.15, 0.2) is 5.82 Å². The van der Waals surface area contributed by atoms with E-state index in [1.54, 1.807) is 13.2 Å². The molecule has 1 aliphatic rings. The van der Waals surface area contributed by atoms with Crippen molar-refractivity contribution in [1.29, 1.82) is 0 Å². The molecule has 1 aromatic heterocycles. The van der Waals surface area contributed by atoms with Gasteiger partial charge in [0.2, 0.25) is 0 Å². The molecule has 1 heterocycles. The van der Waals surface area contributed by atoms with Gasteiger partial charge in [-0.1, -0.05) is 13.8 Å². The molecule has 0 saturated heterocycles. The number of nitrogens with zero attached hydrogens (tertiary/aromatic N) is 4. The highest BCUT2D eigenvalue weighted by atomic mass is 16.5. The lowest BCUT2D eigenvalue weighted by atomic mass is 9.98. The fraction of sp³-hybridized carbons (Fsp3) is 0.533. The predicted molar refractivity (Wildman–Crippen MR) is 80.8 cm³/mol. The lowest BCUT2D eigenvalue weighted by Gasteiger charge is -2.19. The molecule has 2 aromatic rings. The van der Waals surface area contributed by atoms with Crippen LogP contribution in [-0.4, -0.2) is 27.3 Å². The number of aromatic nitrogens is 4. The van der Waals surface area contributed by atoms with Gasteiger partial charge in [0.25, 0.3) is 0 Å². The van der Waals surface area contributed by atoms with E-state index >= 15 is 0 Å². The summed E-state index contributed by atoms with van der Waals surface area (Å²) in [5.74, 6) is 2.73. The summed E-state index contributed by atoms with van der Waals surface area (Å²) in [6.45, 7) is 4.56. The van der Waals surface area contributed by atoms with Crippen LogP contribution in [0, 0.1) is 11.8 Å². The first-order valence-corrected chi connectivity index (χ1v) is 7.33. The summed E-state index contributed by atoms with van der Waals surface area (Å²) < 4.78 is 7.23. The molecule has 1 saturated carbocycles. The van der Waals surface area contributed by atoms with Crippen molar-refractivity contribution in [2.75, 3.05) is 12.8 Å². The number of benzene rings is 1. The second-order valence-electron chi connectivity index (χ2n) is 5.92. The fourth-order valence-electron chi connectivity index (χ4n) is 3.16. The van der Waals surface area contributed by atoms with Crippen molar-refractivity contribution >= 4 is 5.69 Å². The molecule has 1 aliphatic carbocycles. The Balaban J connectivity index is 2.01. The zero-order valence-corrected chi connectivity index (χ0v) is 12.7. The van der Waals surface area contributed by atoms with E-state index in [0.717, 1.165) is 17.8 Å². The largest absolute Gasteiger partial charge is 0.497 e. The van der Waals surface area contributed by atoms with Crippen LogP contribution in [0.1, 0.15) is 32.7 Å². The lowest BCUT2D eigenvalue weighted by Crippen LogP contribution is -2.17. The van der Waals surface area contributed by atoms with Crippen molar-refractivity contribution in [3.63, 3.8) is 0 Å². The molecule has 6 nitrogen and oxygen atoms in total. The van der Waals surface area contributed by atoms with E-state index in [0.29, 0.717) is 29.3 Å². The highest BCUT2D eigenvalue weighted by Gasteiger charge is 2.33. The monoisotopic (exact) mass is 287 g/mol. The average Bonchev–Trinajstić information content (AvgIpc) is 3.06. The predicted octanol–water partition coefficient (Wildman–Crippen LogP) is 2.54. The highest BCUT2D eigenvalue weighted by molar-refractivity contribution is 5.64. The molecule has 21 heavy (non-hydrogen) atoms. The van der Waals surface area contributed by atoms with Crippen molar-refractivity contribution in [1.82, 2.24) is 20.2 Å². The Bertz CT molecular complexity index is 639. The van der Waals surface area contributed by atoms with Crippen LogP contribution in [0.3, 0.4) is 0 Å². The van der Waals surface area contributed by atoms with E-state index in [1.165, 1.54) is 6.42 Å². The molecule has 0 amide bonds. The second-order valence-corrected chi connectivity index (χ2v) is 5.92. The maximum Gasteiger partial charge on any atom is 0.182 e. The summed E-state index contributed by atoms with van der Waals surface area (Å²) in [5.41, 5.74) is 7.47. The molecule has 0 radical (unpaired) electrons. The zero-order valence-electron chi connectivity index (χ0n) is 12.7. The summed E-state index contributed by atoms with van der Waals surface area (Å²) in [4.78, 5) is 0. The number of methoxy groups -OCH3 is 1. The molecule has 0 bridgehead atoms. The third-order valence-electron chi connectivity index (χ3n) is 4.65. The molecule has 2 N–H and O–H groups in total. The molecule has 3 rings (SSSR count). The number of anilines is 1. The Kier molecular flexibility index (Phi) is 3.53.